The number of ketones is 1. The molecule has 17 heavy (non-hydrogen) atoms. The Balaban J connectivity index is 2.95. The number of aliphatic hydroxyl groups is 4. The first-order valence-electron chi connectivity index (χ1n) is 5.01. The molecule has 1 aromatic heterocycles. The molecule has 1 heterocycles. The number of carbonyl (C=O) groups is 1. The average Bonchev–Trinajstić information content (AvgIpc) is 2.68. The van der Waals surface area contributed by atoms with Crippen molar-refractivity contribution in [3.05, 3.63) is 15.6 Å². The maximum atomic E-state index is 11.1. The van der Waals surface area contributed by atoms with Gasteiger partial charge in [0.15, 0.2) is 10.8 Å². The van der Waals surface area contributed by atoms with Gasteiger partial charge in [0.05, 0.1) is 17.2 Å². The third-order valence-corrected chi connectivity index (χ3v) is 3.64. The number of Topliss-reactive ketones (excluding diaryl/α,β-unsaturated/α-hetero) is 1. The molecule has 96 valence electrons. The molecule has 0 fully saturated rings. The number of hydrogen-bond donors (Lipinski definition) is 4. The molecule has 0 aliphatic rings. The highest BCUT2D eigenvalue weighted by molar-refractivity contribution is 7.13. The molecule has 1 rings (SSSR count). The van der Waals surface area contributed by atoms with Gasteiger partial charge in [0, 0.05) is 6.92 Å². The molecule has 4 N–H and O–H groups in total. The minimum absolute atomic E-state index is 0.228. The Morgan fingerprint density at radius 3 is 2.41 bits per heavy atom. The molecule has 6 nitrogen and oxygen atoms in total. The number of aliphatic hydroxyl groups excluding tert-OH is 4. The lowest BCUT2D eigenvalue weighted by molar-refractivity contribution is -0.0767. The van der Waals surface area contributed by atoms with E-state index in [9.17, 15) is 20.1 Å². The number of aromatic nitrogens is 1. The summed E-state index contributed by atoms with van der Waals surface area (Å²) in [6.45, 7) is 2.29. The summed E-state index contributed by atoms with van der Waals surface area (Å²) in [5.41, 5.74) is 0.428. The fourth-order valence-corrected chi connectivity index (χ4v) is 2.29. The van der Waals surface area contributed by atoms with Crippen LogP contribution < -0.4 is 0 Å². The van der Waals surface area contributed by atoms with E-state index < -0.39 is 24.9 Å². The Bertz CT molecular complexity index is 405. The average molecular weight is 261 g/mol. The van der Waals surface area contributed by atoms with Gasteiger partial charge < -0.3 is 20.4 Å². The second-order valence-corrected chi connectivity index (χ2v) is 4.74. The minimum Gasteiger partial charge on any atom is -0.394 e. The van der Waals surface area contributed by atoms with Gasteiger partial charge in [0.1, 0.15) is 18.3 Å². The van der Waals surface area contributed by atoms with Crippen LogP contribution in [0.25, 0.3) is 0 Å². The van der Waals surface area contributed by atoms with E-state index in [1.807, 2.05) is 0 Å². The van der Waals surface area contributed by atoms with Crippen molar-refractivity contribution in [2.24, 2.45) is 0 Å². The van der Waals surface area contributed by atoms with Crippen LogP contribution in [0.4, 0.5) is 0 Å². The summed E-state index contributed by atoms with van der Waals surface area (Å²) in [5.74, 6) is -0.228. The van der Waals surface area contributed by atoms with E-state index in [0.717, 1.165) is 11.3 Å². The van der Waals surface area contributed by atoms with E-state index in [4.69, 9.17) is 5.11 Å². The molecule has 7 heteroatoms. The molecule has 0 aromatic carbocycles. The Morgan fingerprint density at radius 1 is 1.41 bits per heavy atom. The predicted octanol–water partition coefficient (Wildman–Crippen LogP) is -0.598. The van der Waals surface area contributed by atoms with Gasteiger partial charge in [-0.05, 0) is 6.92 Å². The zero-order valence-electron chi connectivity index (χ0n) is 9.49. The summed E-state index contributed by atoms with van der Waals surface area (Å²) in [7, 11) is 0. The highest BCUT2D eigenvalue weighted by Gasteiger charge is 2.29. The summed E-state index contributed by atoms with van der Waals surface area (Å²) < 4.78 is 0. The zero-order chi connectivity index (χ0) is 13.2. The first-order chi connectivity index (χ1) is 7.88. The van der Waals surface area contributed by atoms with E-state index in [2.05, 4.69) is 4.98 Å². The molecule has 0 aliphatic heterocycles. The van der Waals surface area contributed by atoms with Crippen molar-refractivity contribution in [3.8, 4) is 0 Å². The van der Waals surface area contributed by atoms with Crippen LogP contribution in [-0.4, -0.2) is 50.0 Å². The highest BCUT2D eigenvalue weighted by Crippen LogP contribution is 2.28. The number of hydrogen-bond acceptors (Lipinski definition) is 7. The number of nitrogens with zero attached hydrogens (tertiary/aromatic N) is 1. The smallest absolute Gasteiger partial charge is 0.188 e. The van der Waals surface area contributed by atoms with Gasteiger partial charge in [-0.15, -0.1) is 11.3 Å². The van der Waals surface area contributed by atoms with Crippen LogP contribution in [0.15, 0.2) is 0 Å². The van der Waals surface area contributed by atoms with Crippen LogP contribution in [0.5, 0.6) is 0 Å². The van der Waals surface area contributed by atoms with E-state index in [-0.39, 0.29) is 10.8 Å². The predicted molar refractivity (Wildman–Crippen MR) is 60.9 cm³/mol. The first kappa shape index (κ1) is 14.2. The summed E-state index contributed by atoms with van der Waals surface area (Å²) in [6.07, 6.45) is -4.33. The van der Waals surface area contributed by atoms with Crippen molar-refractivity contribution in [1.82, 2.24) is 4.98 Å². The van der Waals surface area contributed by atoms with Gasteiger partial charge in [-0.1, -0.05) is 0 Å². The molecule has 0 bridgehead atoms. The van der Waals surface area contributed by atoms with E-state index >= 15 is 0 Å². The molecule has 3 atom stereocenters. The van der Waals surface area contributed by atoms with Gasteiger partial charge in [0.2, 0.25) is 0 Å². The lowest BCUT2D eigenvalue weighted by atomic mass is 10.1. The van der Waals surface area contributed by atoms with E-state index in [1.165, 1.54) is 6.92 Å². The SMILES string of the molecule is CC(=O)c1nc(C)c(C(O)C(O)C(O)CO)s1. The molecule has 1 aromatic rings. The third-order valence-electron chi connectivity index (χ3n) is 2.31. The monoisotopic (exact) mass is 261 g/mol. The zero-order valence-corrected chi connectivity index (χ0v) is 10.3. The molecule has 3 unspecified atom stereocenters. The molecule has 0 spiro atoms. The van der Waals surface area contributed by atoms with Gasteiger partial charge in [-0.25, -0.2) is 4.98 Å². The Kier molecular flexibility index (Phi) is 4.72. The first-order valence-corrected chi connectivity index (χ1v) is 5.83. The standard InChI is InChI=1S/C10H15NO5S/c1-4-9(17-10(11-4)5(2)13)8(16)7(15)6(14)3-12/h6-8,12,14-16H,3H2,1-2H3. The summed E-state index contributed by atoms with van der Waals surface area (Å²) in [6, 6.07) is 0. The summed E-state index contributed by atoms with van der Waals surface area (Å²) in [4.78, 5) is 15.4. The van der Waals surface area contributed by atoms with Crippen LogP contribution in [0.1, 0.15) is 33.4 Å². The van der Waals surface area contributed by atoms with Crippen LogP contribution in [0.3, 0.4) is 0 Å². The number of aryl methyl sites for hydroxylation is 1. The highest BCUT2D eigenvalue weighted by atomic mass is 32.1. The summed E-state index contributed by atoms with van der Waals surface area (Å²) >= 11 is 0.969. The Hall–Kier alpha value is -0.860. The van der Waals surface area contributed by atoms with Crippen molar-refractivity contribution in [1.29, 1.82) is 0 Å². The molecular weight excluding hydrogens is 246 g/mol. The molecule has 0 radical (unpaired) electrons. The van der Waals surface area contributed by atoms with Gasteiger partial charge >= 0.3 is 0 Å². The quantitative estimate of drug-likeness (QED) is 0.527. The van der Waals surface area contributed by atoms with Crippen LogP contribution >= 0.6 is 11.3 Å². The number of carbonyl (C=O) groups excluding carboxylic acids is 1. The fraction of sp³-hybridized carbons (Fsp3) is 0.600. The maximum absolute atomic E-state index is 11.1. The van der Waals surface area contributed by atoms with Crippen molar-refractivity contribution >= 4 is 17.1 Å². The molecule has 0 saturated heterocycles. The Labute approximate surface area is 102 Å². The minimum atomic E-state index is -1.51. The van der Waals surface area contributed by atoms with Crippen molar-refractivity contribution < 1.29 is 25.2 Å². The molecule has 0 saturated carbocycles. The van der Waals surface area contributed by atoms with Crippen LogP contribution in [-0.2, 0) is 0 Å². The largest absolute Gasteiger partial charge is 0.394 e. The topological polar surface area (TPSA) is 111 Å². The number of rotatable bonds is 5. The number of thiazole rings is 1. The molecule has 0 aliphatic carbocycles. The second kappa shape index (κ2) is 5.65. The van der Waals surface area contributed by atoms with Gasteiger partial charge in [-0.2, -0.15) is 0 Å². The molecule has 0 amide bonds. The second-order valence-electron chi connectivity index (χ2n) is 3.71. The summed E-state index contributed by atoms with van der Waals surface area (Å²) in [5, 5.41) is 37.5. The Morgan fingerprint density at radius 2 is 2.00 bits per heavy atom. The fourth-order valence-electron chi connectivity index (χ4n) is 1.31. The van der Waals surface area contributed by atoms with Crippen molar-refractivity contribution in [2.45, 2.75) is 32.2 Å². The van der Waals surface area contributed by atoms with E-state index in [0.29, 0.717) is 10.6 Å². The lowest BCUT2D eigenvalue weighted by Gasteiger charge is -2.20. The normalized spacial score (nSPS) is 16.6. The van der Waals surface area contributed by atoms with Gasteiger partial charge in [0.25, 0.3) is 0 Å². The van der Waals surface area contributed by atoms with Crippen molar-refractivity contribution in [2.75, 3.05) is 6.61 Å². The third kappa shape index (κ3) is 3.08. The van der Waals surface area contributed by atoms with Crippen molar-refractivity contribution in [3.63, 3.8) is 0 Å². The van der Waals surface area contributed by atoms with Crippen LogP contribution in [0.2, 0.25) is 0 Å². The maximum Gasteiger partial charge on any atom is 0.188 e. The lowest BCUT2D eigenvalue weighted by Crippen LogP contribution is -2.34. The van der Waals surface area contributed by atoms with Crippen LogP contribution in [0, 0.1) is 6.92 Å². The van der Waals surface area contributed by atoms with Gasteiger partial charge in [-0.3, -0.25) is 4.79 Å². The molecular formula is C10H15NO5S. The van der Waals surface area contributed by atoms with E-state index in [1.54, 1.807) is 6.92 Å².